The first-order chi connectivity index (χ1) is 12.6. The SMILES string of the molecule is COc1ccnc(N2CCC(C(=O)N(C)Cc3ccccc3O)CC2)n1. The Kier molecular flexibility index (Phi) is 5.55. The molecule has 1 saturated heterocycles. The number of methoxy groups -OCH3 is 1. The molecule has 1 N–H and O–H groups in total. The Hall–Kier alpha value is -2.83. The van der Waals surface area contributed by atoms with Crippen molar-refractivity contribution in [1.29, 1.82) is 0 Å². The number of benzene rings is 1. The molecule has 1 fully saturated rings. The highest BCUT2D eigenvalue weighted by atomic mass is 16.5. The number of hydrogen-bond acceptors (Lipinski definition) is 6. The molecule has 1 aromatic heterocycles. The van der Waals surface area contributed by atoms with E-state index in [4.69, 9.17) is 4.74 Å². The topological polar surface area (TPSA) is 78.8 Å². The molecule has 2 heterocycles. The summed E-state index contributed by atoms with van der Waals surface area (Å²) in [5.74, 6) is 1.48. The van der Waals surface area contributed by atoms with Gasteiger partial charge in [-0.15, -0.1) is 0 Å². The molecule has 1 aliphatic rings. The number of anilines is 1. The van der Waals surface area contributed by atoms with Gasteiger partial charge in [-0.25, -0.2) is 4.98 Å². The summed E-state index contributed by atoms with van der Waals surface area (Å²) in [6.07, 6.45) is 3.19. The average Bonchev–Trinajstić information content (AvgIpc) is 2.69. The van der Waals surface area contributed by atoms with Crippen LogP contribution < -0.4 is 9.64 Å². The number of hydrogen-bond donors (Lipinski definition) is 1. The van der Waals surface area contributed by atoms with Gasteiger partial charge in [-0.2, -0.15) is 4.98 Å². The van der Waals surface area contributed by atoms with E-state index >= 15 is 0 Å². The number of carbonyl (C=O) groups excluding carboxylic acids is 1. The van der Waals surface area contributed by atoms with Crippen molar-refractivity contribution in [2.45, 2.75) is 19.4 Å². The molecular formula is C19H24N4O3. The number of ether oxygens (including phenoxy) is 1. The van der Waals surface area contributed by atoms with E-state index in [0.717, 1.165) is 31.5 Å². The lowest BCUT2D eigenvalue weighted by atomic mass is 9.95. The monoisotopic (exact) mass is 356 g/mol. The molecular weight excluding hydrogens is 332 g/mol. The van der Waals surface area contributed by atoms with Gasteiger partial charge in [0.05, 0.1) is 7.11 Å². The predicted molar refractivity (Wildman–Crippen MR) is 98.1 cm³/mol. The van der Waals surface area contributed by atoms with E-state index in [0.29, 0.717) is 18.4 Å². The third-order valence-corrected chi connectivity index (χ3v) is 4.73. The highest BCUT2D eigenvalue weighted by molar-refractivity contribution is 5.79. The van der Waals surface area contributed by atoms with E-state index in [1.54, 1.807) is 43.5 Å². The van der Waals surface area contributed by atoms with Gasteiger partial charge in [0.2, 0.25) is 17.7 Å². The van der Waals surface area contributed by atoms with Crippen LogP contribution in [-0.4, -0.2) is 53.1 Å². The number of carbonyl (C=O) groups is 1. The number of amides is 1. The lowest BCUT2D eigenvalue weighted by Crippen LogP contribution is -2.41. The minimum atomic E-state index is -0.0206. The molecule has 3 rings (SSSR count). The molecule has 0 aliphatic carbocycles. The second-order valence-electron chi connectivity index (χ2n) is 6.48. The summed E-state index contributed by atoms with van der Waals surface area (Å²) in [5, 5.41) is 9.89. The second-order valence-corrected chi connectivity index (χ2v) is 6.48. The number of rotatable bonds is 5. The van der Waals surface area contributed by atoms with Gasteiger partial charge in [0.15, 0.2) is 0 Å². The van der Waals surface area contributed by atoms with Gasteiger partial charge in [-0.05, 0) is 18.9 Å². The van der Waals surface area contributed by atoms with Crippen LogP contribution in [0.4, 0.5) is 5.95 Å². The predicted octanol–water partition coefficient (Wildman–Crippen LogP) is 2.07. The maximum atomic E-state index is 12.7. The van der Waals surface area contributed by atoms with E-state index in [1.807, 2.05) is 12.1 Å². The van der Waals surface area contributed by atoms with Crippen LogP contribution in [0.15, 0.2) is 36.5 Å². The molecule has 1 amide bonds. The zero-order valence-corrected chi connectivity index (χ0v) is 15.1. The first kappa shape index (κ1) is 18.0. The summed E-state index contributed by atoms with van der Waals surface area (Å²) in [5.41, 5.74) is 0.755. The molecule has 138 valence electrons. The van der Waals surface area contributed by atoms with Crippen LogP contribution in [0.25, 0.3) is 0 Å². The Morgan fingerprint density at radius 3 is 2.73 bits per heavy atom. The maximum absolute atomic E-state index is 12.7. The number of nitrogens with zero attached hydrogens (tertiary/aromatic N) is 4. The van der Waals surface area contributed by atoms with Crippen molar-refractivity contribution in [3.63, 3.8) is 0 Å². The van der Waals surface area contributed by atoms with Crippen LogP contribution in [0.3, 0.4) is 0 Å². The molecule has 0 unspecified atom stereocenters. The minimum absolute atomic E-state index is 0.0206. The number of para-hydroxylation sites is 1. The molecule has 0 bridgehead atoms. The van der Waals surface area contributed by atoms with E-state index in [1.165, 1.54) is 0 Å². The minimum Gasteiger partial charge on any atom is -0.508 e. The van der Waals surface area contributed by atoms with Crippen LogP contribution in [-0.2, 0) is 11.3 Å². The van der Waals surface area contributed by atoms with Crippen molar-refractivity contribution in [2.24, 2.45) is 5.92 Å². The molecule has 7 heteroatoms. The number of aromatic hydroxyl groups is 1. The lowest BCUT2D eigenvalue weighted by molar-refractivity contribution is -0.135. The van der Waals surface area contributed by atoms with Crippen molar-refractivity contribution in [1.82, 2.24) is 14.9 Å². The Balaban J connectivity index is 1.57. The highest BCUT2D eigenvalue weighted by Crippen LogP contribution is 2.24. The van der Waals surface area contributed by atoms with Crippen molar-refractivity contribution in [3.8, 4) is 11.6 Å². The fraction of sp³-hybridized carbons (Fsp3) is 0.421. The van der Waals surface area contributed by atoms with Gasteiger partial charge in [0, 0.05) is 50.4 Å². The second kappa shape index (κ2) is 8.03. The summed E-state index contributed by atoms with van der Waals surface area (Å²) < 4.78 is 5.14. The zero-order chi connectivity index (χ0) is 18.5. The number of piperidine rings is 1. The number of aromatic nitrogens is 2. The van der Waals surface area contributed by atoms with E-state index in [2.05, 4.69) is 14.9 Å². The van der Waals surface area contributed by atoms with Crippen molar-refractivity contribution in [2.75, 3.05) is 32.1 Å². The van der Waals surface area contributed by atoms with Crippen molar-refractivity contribution < 1.29 is 14.6 Å². The molecule has 7 nitrogen and oxygen atoms in total. The summed E-state index contributed by atoms with van der Waals surface area (Å²) in [6.45, 7) is 1.87. The van der Waals surface area contributed by atoms with Crippen molar-refractivity contribution in [3.05, 3.63) is 42.1 Å². The van der Waals surface area contributed by atoms with Crippen LogP contribution in [0.5, 0.6) is 11.6 Å². The summed E-state index contributed by atoms with van der Waals surface area (Å²) >= 11 is 0. The van der Waals surface area contributed by atoms with E-state index in [-0.39, 0.29) is 17.6 Å². The van der Waals surface area contributed by atoms with Crippen LogP contribution in [0.2, 0.25) is 0 Å². The van der Waals surface area contributed by atoms with Gasteiger partial charge in [0.1, 0.15) is 5.75 Å². The smallest absolute Gasteiger partial charge is 0.228 e. The Bertz CT molecular complexity index is 760. The van der Waals surface area contributed by atoms with Crippen LogP contribution in [0, 0.1) is 5.92 Å². The molecule has 1 aromatic carbocycles. The Labute approximate surface area is 153 Å². The molecule has 0 spiro atoms. The summed E-state index contributed by atoms with van der Waals surface area (Å²) in [7, 11) is 3.36. The number of phenolic OH excluding ortho intramolecular Hbond substituents is 1. The normalized spacial score (nSPS) is 14.9. The van der Waals surface area contributed by atoms with Crippen molar-refractivity contribution >= 4 is 11.9 Å². The molecule has 0 saturated carbocycles. The van der Waals surface area contributed by atoms with Crippen LogP contribution >= 0.6 is 0 Å². The van der Waals surface area contributed by atoms with Gasteiger partial charge >= 0.3 is 0 Å². The third-order valence-electron chi connectivity index (χ3n) is 4.73. The first-order valence-corrected chi connectivity index (χ1v) is 8.72. The Morgan fingerprint density at radius 2 is 2.04 bits per heavy atom. The lowest BCUT2D eigenvalue weighted by Gasteiger charge is -2.33. The van der Waals surface area contributed by atoms with E-state index < -0.39 is 0 Å². The van der Waals surface area contributed by atoms with Gasteiger partial charge in [0.25, 0.3) is 0 Å². The molecule has 0 atom stereocenters. The fourth-order valence-electron chi connectivity index (χ4n) is 3.21. The van der Waals surface area contributed by atoms with Gasteiger partial charge < -0.3 is 19.6 Å². The summed E-state index contributed by atoms with van der Waals surface area (Å²) in [6, 6.07) is 8.83. The van der Waals surface area contributed by atoms with Gasteiger partial charge in [-0.1, -0.05) is 18.2 Å². The maximum Gasteiger partial charge on any atom is 0.228 e. The standard InChI is InChI=1S/C19H24N4O3/c1-22(13-15-5-3-4-6-16(15)24)18(25)14-8-11-23(12-9-14)19-20-10-7-17(21-19)26-2/h3-7,10,14,24H,8-9,11-13H2,1-2H3. The Morgan fingerprint density at radius 1 is 1.31 bits per heavy atom. The zero-order valence-electron chi connectivity index (χ0n) is 15.1. The summed E-state index contributed by atoms with van der Waals surface area (Å²) in [4.78, 5) is 25.2. The molecule has 2 aromatic rings. The third kappa shape index (κ3) is 4.04. The largest absolute Gasteiger partial charge is 0.508 e. The quantitative estimate of drug-likeness (QED) is 0.884. The first-order valence-electron chi connectivity index (χ1n) is 8.72. The molecule has 1 aliphatic heterocycles. The average molecular weight is 356 g/mol. The van der Waals surface area contributed by atoms with Gasteiger partial charge in [-0.3, -0.25) is 4.79 Å². The fourth-order valence-corrected chi connectivity index (χ4v) is 3.21. The number of phenols is 1. The molecule has 0 radical (unpaired) electrons. The highest BCUT2D eigenvalue weighted by Gasteiger charge is 2.28. The van der Waals surface area contributed by atoms with E-state index in [9.17, 15) is 9.90 Å². The van der Waals surface area contributed by atoms with Crippen LogP contribution in [0.1, 0.15) is 18.4 Å². The molecule has 26 heavy (non-hydrogen) atoms.